The zero-order valence-electron chi connectivity index (χ0n) is 10.4. The van der Waals surface area contributed by atoms with Gasteiger partial charge in [0, 0.05) is 12.5 Å². The van der Waals surface area contributed by atoms with Gasteiger partial charge in [0.25, 0.3) is 0 Å². The summed E-state index contributed by atoms with van der Waals surface area (Å²) in [5, 5.41) is 21.5. The maximum Gasteiger partial charge on any atom is 0.303 e. The lowest BCUT2D eigenvalue weighted by Gasteiger charge is -2.26. The molecule has 2 rings (SSSR count). The Labute approximate surface area is 107 Å². The molecule has 0 spiro atoms. The number of hydrogen-bond acceptors (Lipinski definition) is 3. The van der Waals surface area contributed by atoms with E-state index in [1.165, 1.54) is 5.56 Å². The van der Waals surface area contributed by atoms with Gasteiger partial charge in [-0.25, -0.2) is 0 Å². The number of rotatable bonds is 5. The predicted octanol–water partition coefficient (Wildman–Crippen LogP) is 2.22. The first-order chi connectivity index (χ1) is 8.66. The molecule has 0 fully saturated rings. The minimum absolute atomic E-state index is 0.201. The zero-order valence-corrected chi connectivity index (χ0v) is 10.4. The van der Waals surface area contributed by atoms with Crippen LogP contribution in [-0.2, 0) is 11.2 Å². The summed E-state index contributed by atoms with van der Waals surface area (Å²) in [7, 11) is 0. The van der Waals surface area contributed by atoms with E-state index in [4.69, 9.17) is 5.11 Å². The number of phenols is 1. The standard InChI is InChI=1S/C14H19NO3/c16-11-7-6-10-3-1-4-13(12(10)9-11)15-8-2-5-14(17)18/h6-7,9,13,15-16H,1-5,8H2,(H,17,18). The Morgan fingerprint density at radius 2 is 2.28 bits per heavy atom. The molecule has 0 saturated heterocycles. The monoisotopic (exact) mass is 249 g/mol. The first-order valence-electron chi connectivity index (χ1n) is 6.44. The van der Waals surface area contributed by atoms with E-state index in [1.807, 2.05) is 12.1 Å². The minimum Gasteiger partial charge on any atom is -0.508 e. The fourth-order valence-corrected chi connectivity index (χ4v) is 2.51. The average Bonchev–Trinajstić information content (AvgIpc) is 2.34. The number of carbonyl (C=O) groups is 1. The summed E-state index contributed by atoms with van der Waals surface area (Å²) in [6.07, 6.45) is 4.08. The van der Waals surface area contributed by atoms with Crippen molar-refractivity contribution in [3.8, 4) is 5.75 Å². The first kappa shape index (κ1) is 12.9. The minimum atomic E-state index is -0.751. The van der Waals surface area contributed by atoms with Gasteiger partial charge in [0.1, 0.15) is 5.75 Å². The summed E-state index contributed by atoms with van der Waals surface area (Å²) in [6, 6.07) is 5.78. The third-order valence-corrected chi connectivity index (χ3v) is 3.40. The van der Waals surface area contributed by atoms with Crippen LogP contribution in [0.15, 0.2) is 18.2 Å². The van der Waals surface area contributed by atoms with E-state index in [9.17, 15) is 9.90 Å². The summed E-state index contributed by atoms with van der Waals surface area (Å²) in [6.45, 7) is 0.700. The molecule has 1 aromatic rings. The van der Waals surface area contributed by atoms with Crippen molar-refractivity contribution in [3.63, 3.8) is 0 Å². The van der Waals surface area contributed by atoms with Crippen molar-refractivity contribution >= 4 is 5.97 Å². The predicted molar refractivity (Wildman–Crippen MR) is 68.7 cm³/mol. The zero-order chi connectivity index (χ0) is 13.0. The third kappa shape index (κ3) is 3.23. The van der Waals surface area contributed by atoms with Crippen molar-refractivity contribution in [3.05, 3.63) is 29.3 Å². The summed E-state index contributed by atoms with van der Waals surface area (Å²) in [5.74, 6) is -0.452. The van der Waals surface area contributed by atoms with Gasteiger partial charge in [-0.1, -0.05) is 6.07 Å². The Kier molecular flexibility index (Phi) is 4.20. The number of carboxylic acids is 1. The lowest BCUT2D eigenvalue weighted by molar-refractivity contribution is -0.137. The molecule has 0 aliphatic heterocycles. The van der Waals surface area contributed by atoms with E-state index >= 15 is 0 Å². The van der Waals surface area contributed by atoms with Crippen molar-refractivity contribution < 1.29 is 15.0 Å². The van der Waals surface area contributed by atoms with Gasteiger partial charge in [-0.3, -0.25) is 4.79 Å². The van der Waals surface area contributed by atoms with Gasteiger partial charge in [0.15, 0.2) is 0 Å². The molecule has 4 heteroatoms. The third-order valence-electron chi connectivity index (χ3n) is 3.40. The van der Waals surface area contributed by atoms with E-state index in [0.29, 0.717) is 18.7 Å². The highest BCUT2D eigenvalue weighted by molar-refractivity contribution is 5.66. The Morgan fingerprint density at radius 1 is 1.44 bits per heavy atom. The lowest BCUT2D eigenvalue weighted by atomic mass is 9.87. The Hall–Kier alpha value is -1.55. The SMILES string of the molecule is O=C(O)CCCNC1CCCc2ccc(O)cc21. The molecule has 0 saturated carbocycles. The largest absolute Gasteiger partial charge is 0.508 e. The molecule has 0 aromatic heterocycles. The van der Waals surface area contributed by atoms with Crippen LogP contribution < -0.4 is 5.32 Å². The van der Waals surface area contributed by atoms with E-state index in [2.05, 4.69) is 5.32 Å². The molecule has 3 N–H and O–H groups in total. The van der Waals surface area contributed by atoms with Gasteiger partial charge in [0.05, 0.1) is 0 Å². The maximum atomic E-state index is 10.4. The Bertz CT molecular complexity index is 431. The normalized spacial score (nSPS) is 18.3. The summed E-state index contributed by atoms with van der Waals surface area (Å²) in [5.41, 5.74) is 2.45. The number of nitrogens with one attached hydrogen (secondary N) is 1. The average molecular weight is 249 g/mol. The van der Waals surface area contributed by atoms with Crippen LogP contribution in [0.5, 0.6) is 5.75 Å². The molecule has 1 aliphatic carbocycles. The molecule has 0 bridgehead atoms. The van der Waals surface area contributed by atoms with Crippen LogP contribution in [0, 0.1) is 0 Å². The molecular weight excluding hydrogens is 230 g/mol. The summed E-state index contributed by atoms with van der Waals surface area (Å²) in [4.78, 5) is 10.4. The summed E-state index contributed by atoms with van der Waals surface area (Å²) >= 11 is 0. The quantitative estimate of drug-likeness (QED) is 0.700. The fraction of sp³-hybridized carbons (Fsp3) is 0.500. The van der Waals surface area contributed by atoms with Crippen molar-refractivity contribution in [1.29, 1.82) is 0 Å². The van der Waals surface area contributed by atoms with Crippen LogP contribution >= 0.6 is 0 Å². The van der Waals surface area contributed by atoms with Gasteiger partial charge in [-0.15, -0.1) is 0 Å². The maximum absolute atomic E-state index is 10.4. The van der Waals surface area contributed by atoms with Gasteiger partial charge in [-0.05, 0) is 55.5 Å². The van der Waals surface area contributed by atoms with Crippen molar-refractivity contribution in [1.82, 2.24) is 5.32 Å². The molecule has 0 heterocycles. The topological polar surface area (TPSA) is 69.6 Å². The molecule has 0 radical (unpaired) electrons. The van der Waals surface area contributed by atoms with Crippen molar-refractivity contribution in [2.45, 2.75) is 38.1 Å². The number of carboxylic acid groups (broad SMARTS) is 1. The number of aryl methyl sites for hydroxylation is 1. The van der Waals surface area contributed by atoms with Crippen molar-refractivity contribution in [2.75, 3.05) is 6.54 Å². The van der Waals surface area contributed by atoms with Crippen LogP contribution in [0.1, 0.15) is 42.9 Å². The van der Waals surface area contributed by atoms with E-state index in [1.54, 1.807) is 6.07 Å². The van der Waals surface area contributed by atoms with Crippen LogP contribution in [0.3, 0.4) is 0 Å². The lowest BCUT2D eigenvalue weighted by Crippen LogP contribution is -2.26. The number of phenolic OH excluding ortho intramolecular Hbond substituents is 1. The summed E-state index contributed by atoms with van der Waals surface area (Å²) < 4.78 is 0. The molecule has 18 heavy (non-hydrogen) atoms. The molecule has 0 amide bonds. The van der Waals surface area contributed by atoms with Crippen LogP contribution in [0.25, 0.3) is 0 Å². The molecular formula is C14H19NO3. The number of aliphatic carboxylic acids is 1. The second kappa shape index (κ2) is 5.87. The molecule has 1 aromatic carbocycles. The Balaban J connectivity index is 1.95. The Morgan fingerprint density at radius 3 is 3.06 bits per heavy atom. The molecule has 1 atom stereocenters. The van der Waals surface area contributed by atoms with E-state index in [0.717, 1.165) is 24.8 Å². The number of hydrogen-bond donors (Lipinski definition) is 3. The molecule has 1 unspecified atom stereocenters. The van der Waals surface area contributed by atoms with E-state index in [-0.39, 0.29) is 12.5 Å². The van der Waals surface area contributed by atoms with Gasteiger partial charge in [0.2, 0.25) is 0 Å². The van der Waals surface area contributed by atoms with Crippen molar-refractivity contribution in [2.24, 2.45) is 0 Å². The van der Waals surface area contributed by atoms with E-state index < -0.39 is 5.97 Å². The highest BCUT2D eigenvalue weighted by Gasteiger charge is 2.19. The highest BCUT2D eigenvalue weighted by atomic mass is 16.4. The van der Waals surface area contributed by atoms with Gasteiger partial charge in [-0.2, -0.15) is 0 Å². The van der Waals surface area contributed by atoms with Crippen LogP contribution in [-0.4, -0.2) is 22.7 Å². The molecule has 1 aliphatic rings. The smallest absolute Gasteiger partial charge is 0.303 e. The van der Waals surface area contributed by atoms with Gasteiger partial charge < -0.3 is 15.5 Å². The van der Waals surface area contributed by atoms with Crippen LogP contribution in [0.2, 0.25) is 0 Å². The second-order valence-electron chi connectivity index (χ2n) is 4.78. The number of fused-ring (bicyclic) bond motifs is 1. The number of benzene rings is 1. The van der Waals surface area contributed by atoms with Gasteiger partial charge >= 0.3 is 5.97 Å². The second-order valence-corrected chi connectivity index (χ2v) is 4.78. The number of aromatic hydroxyl groups is 1. The van der Waals surface area contributed by atoms with Crippen LogP contribution in [0.4, 0.5) is 0 Å². The first-order valence-corrected chi connectivity index (χ1v) is 6.44. The highest BCUT2D eigenvalue weighted by Crippen LogP contribution is 2.31. The molecule has 98 valence electrons. The molecule has 4 nitrogen and oxygen atoms in total. The fourth-order valence-electron chi connectivity index (χ4n) is 2.51.